The number of halogens is 1. The van der Waals surface area contributed by atoms with Gasteiger partial charge in [0.25, 0.3) is 0 Å². The number of carbonyl (C=O) groups excluding carboxylic acids is 2. The molecule has 7 heteroatoms. The molecule has 2 aromatic rings. The molecule has 0 N–H and O–H groups in total. The maximum atomic E-state index is 13.3. The highest BCUT2D eigenvalue weighted by molar-refractivity contribution is 5.86. The van der Waals surface area contributed by atoms with Gasteiger partial charge in [0.15, 0.2) is 0 Å². The summed E-state index contributed by atoms with van der Waals surface area (Å²) in [6.45, 7) is 3.16. The summed E-state index contributed by atoms with van der Waals surface area (Å²) in [7, 11) is 1.58. The molecule has 0 atom stereocenters. The summed E-state index contributed by atoms with van der Waals surface area (Å²) in [5.74, 6) is 0.945. The predicted octanol–water partition coefficient (Wildman–Crippen LogP) is 3.53. The van der Waals surface area contributed by atoms with E-state index in [1.54, 1.807) is 29.0 Å². The number of methoxy groups -OCH3 is 1. The van der Waals surface area contributed by atoms with Crippen LogP contribution in [0.25, 0.3) is 0 Å². The van der Waals surface area contributed by atoms with E-state index in [1.165, 1.54) is 12.1 Å². The molecular weight excluding hydrogens is 387 g/mol. The molecule has 3 rings (SSSR count). The number of amides is 2. The summed E-state index contributed by atoms with van der Waals surface area (Å²) in [5, 5.41) is 0. The fourth-order valence-corrected chi connectivity index (χ4v) is 3.45. The van der Waals surface area contributed by atoms with Gasteiger partial charge in [-0.3, -0.25) is 9.59 Å². The van der Waals surface area contributed by atoms with Gasteiger partial charge in [-0.25, -0.2) is 4.39 Å². The van der Waals surface area contributed by atoms with Crippen LogP contribution in [0.1, 0.15) is 36.3 Å². The first-order chi connectivity index (χ1) is 14.5. The van der Waals surface area contributed by atoms with Gasteiger partial charge in [-0.05, 0) is 49.6 Å². The van der Waals surface area contributed by atoms with Gasteiger partial charge in [0.2, 0.25) is 11.8 Å². The second kappa shape index (κ2) is 10.4. The van der Waals surface area contributed by atoms with Gasteiger partial charge < -0.3 is 19.0 Å². The molecule has 30 heavy (non-hydrogen) atoms. The van der Waals surface area contributed by atoms with Gasteiger partial charge in [-0.2, -0.15) is 0 Å². The quantitative estimate of drug-likeness (QED) is 0.594. The Morgan fingerprint density at radius 1 is 1.10 bits per heavy atom. The maximum Gasteiger partial charge on any atom is 0.242 e. The Morgan fingerprint density at radius 3 is 2.40 bits per heavy atom. The van der Waals surface area contributed by atoms with Crippen LogP contribution < -0.4 is 0 Å². The number of carbonyl (C=O) groups is 2. The van der Waals surface area contributed by atoms with Crippen LogP contribution in [0.4, 0.5) is 4.39 Å². The molecule has 0 bridgehead atoms. The minimum absolute atomic E-state index is 0.00734. The van der Waals surface area contributed by atoms with E-state index in [0.717, 1.165) is 30.6 Å². The van der Waals surface area contributed by atoms with Crippen molar-refractivity contribution >= 4 is 11.8 Å². The summed E-state index contributed by atoms with van der Waals surface area (Å²) in [6, 6.07) is 9.75. The monoisotopic (exact) mass is 416 g/mol. The van der Waals surface area contributed by atoms with Crippen molar-refractivity contribution in [2.75, 3.05) is 26.8 Å². The zero-order valence-corrected chi connectivity index (χ0v) is 17.6. The van der Waals surface area contributed by atoms with Crippen molar-refractivity contribution < 1.29 is 23.1 Å². The average molecular weight is 416 g/mol. The molecule has 1 fully saturated rings. The molecule has 0 radical (unpaired) electrons. The van der Waals surface area contributed by atoms with Crippen LogP contribution in [0, 0.1) is 18.7 Å². The molecule has 1 aliphatic rings. The third-order valence-electron chi connectivity index (χ3n) is 5.44. The molecule has 6 nitrogen and oxygen atoms in total. The number of hydrogen-bond acceptors (Lipinski definition) is 4. The Hall–Kier alpha value is -2.67. The van der Waals surface area contributed by atoms with Crippen LogP contribution in [-0.2, 0) is 27.4 Å². The third-order valence-corrected chi connectivity index (χ3v) is 5.44. The Labute approximate surface area is 176 Å². The Kier molecular flexibility index (Phi) is 7.63. The highest BCUT2D eigenvalue weighted by Gasteiger charge is 2.31. The smallest absolute Gasteiger partial charge is 0.242 e. The van der Waals surface area contributed by atoms with E-state index in [4.69, 9.17) is 9.15 Å². The van der Waals surface area contributed by atoms with Crippen molar-refractivity contribution in [1.82, 2.24) is 9.80 Å². The molecule has 0 spiro atoms. The number of nitrogens with zero attached hydrogens (tertiary/aromatic N) is 2. The van der Waals surface area contributed by atoms with Crippen molar-refractivity contribution in [3.8, 4) is 0 Å². The van der Waals surface area contributed by atoms with E-state index in [9.17, 15) is 14.0 Å². The second-order valence-electron chi connectivity index (χ2n) is 7.77. The van der Waals surface area contributed by atoms with Crippen molar-refractivity contribution in [2.45, 2.75) is 39.3 Å². The maximum absolute atomic E-state index is 13.3. The van der Waals surface area contributed by atoms with Crippen molar-refractivity contribution in [3.63, 3.8) is 0 Å². The van der Waals surface area contributed by atoms with E-state index in [2.05, 4.69) is 0 Å². The number of benzene rings is 1. The van der Waals surface area contributed by atoms with Gasteiger partial charge in [-0.15, -0.1) is 0 Å². The summed E-state index contributed by atoms with van der Waals surface area (Å²) >= 11 is 0. The summed E-state index contributed by atoms with van der Waals surface area (Å²) in [6.07, 6.45) is 2.81. The van der Waals surface area contributed by atoms with Crippen LogP contribution in [-0.4, -0.2) is 48.4 Å². The third kappa shape index (κ3) is 5.92. The molecule has 2 amide bonds. The van der Waals surface area contributed by atoms with Gasteiger partial charge in [0.1, 0.15) is 17.3 Å². The molecule has 1 saturated carbocycles. The minimum Gasteiger partial charge on any atom is -0.464 e. The molecule has 0 saturated heterocycles. The lowest BCUT2D eigenvalue weighted by molar-refractivity contribution is -0.145. The van der Waals surface area contributed by atoms with Crippen molar-refractivity contribution in [3.05, 3.63) is 59.3 Å². The number of furan rings is 1. The van der Waals surface area contributed by atoms with Crippen LogP contribution in [0.2, 0.25) is 0 Å². The van der Waals surface area contributed by atoms with Gasteiger partial charge >= 0.3 is 0 Å². The molecule has 1 aromatic carbocycles. The first-order valence-corrected chi connectivity index (χ1v) is 10.3. The van der Waals surface area contributed by atoms with Crippen LogP contribution >= 0.6 is 0 Å². The van der Waals surface area contributed by atoms with E-state index in [1.807, 2.05) is 19.1 Å². The van der Waals surface area contributed by atoms with Gasteiger partial charge in [0, 0.05) is 26.1 Å². The van der Waals surface area contributed by atoms with E-state index in [-0.39, 0.29) is 36.6 Å². The number of ether oxygens (including phenoxy) is 1. The molecule has 162 valence electrons. The van der Waals surface area contributed by atoms with Crippen LogP contribution in [0.3, 0.4) is 0 Å². The zero-order chi connectivity index (χ0) is 21.5. The Bertz CT molecular complexity index is 845. The predicted molar refractivity (Wildman–Crippen MR) is 110 cm³/mol. The van der Waals surface area contributed by atoms with E-state index >= 15 is 0 Å². The highest BCUT2D eigenvalue weighted by atomic mass is 19.1. The fraction of sp³-hybridized carbons (Fsp3) is 0.478. The van der Waals surface area contributed by atoms with Crippen LogP contribution in [0.5, 0.6) is 0 Å². The molecule has 1 heterocycles. The van der Waals surface area contributed by atoms with E-state index in [0.29, 0.717) is 25.5 Å². The molecule has 0 unspecified atom stereocenters. The first kappa shape index (κ1) is 22.0. The molecular formula is C23H29FN2O4. The van der Waals surface area contributed by atoms with Gasteiger partial charge in [-0.1, -0.05) is 18.6 Å². The summed E-state index contributed by atoms with van der Waals surface area (Å²) in [5.41, 5.74) is 0.807. The van der Waals surface area contributed by atoms with Crippen molar-refractivity contribution in [1.29, 1.82) is 0 Å². The zero-order valence-electron chi connectivity index (χ0n) is 17.6. The van der Waals surface area contributed by atoms with E-state index < -0.39 is 0 Å². The summed E-state index contributed by atoms with van der Waals surface area (Å²) < 4.78 is 24.1. The molecule has 0 aliphatic heterocycles. The minimum atomic E-state index is -0.324. The Morgan fingerprint density at radius 2 is 1.83 bits per heavy atom. The lowest BCUT2D eigenvalue weighted by atomic mass is 9.84. The molecule has 1 aliphatic carbocycles. The van der Waals surface area contributed by atoms with Crippen molar-refractivity contribution in [2.24, 2.45) is 5.92 Å². The lowest BCUT2D eigenvalue weighted by Crippen LogP contribution is -2.46. The SMILES string of the molecule is COCCN(CC(=O)N(Cc1ccc(F)cc1)Cc1ccc(C)o1)C(=O)C1CCC1. The largest absolute Gasteiger partial charge is 0.464 e. The second-order valence-corrected chi connectivity index (χ2v) is 7.77. The fourth-order valence-electron chi connectivity index (χ4n) is 3.45. The van der Waals surface area contributed by atoms with Crippen LogP contribution in [0.15, 0.2) is 40.8 Å². The normalized spacial score (nSPS) is 13.7. The summed E-state index contributed by atoms with van der Waals surface area (Å²) in [4.78, 5) is 29.2. The highest BCUT2D eigenvalue weighted by Crippen LogP contribution is 2.28. The topological polar surface area (TPSA) is 63.0 Å². The first-order valence-electron chi connectivity index (χ1n) is 10.3. The number of hydrogen-bond donors (Lipinski definition) is 0. The lowest BCUT2D eigenvalue weighted by Gasteiger charge is -2.32. The Balaban J connectivity index is 1.74. The number of aryl methyl sites for hydroxylation is 1. The number of rotatable bonds is 10. The van der Waals surface area contributed by atoms with Gasteiger partial charge in [0.05, 0.1) is 19.7 Å². The average Bonchev–Trinajstić information content (AvgIpc) is 3.09. The standard InChI is InChI=1S/C23H29FN2O4/c1-17-6-11-21(30-17)15-26(14-18-7-9-20(24)10-8-18)22(27)16-25(12-13-29-2)23(28)19-4-3-5-19/h6-11,19H,3-5,12-16H2,1-2H3. The molecule has 1 aromatic heterocycles.